The van der Waals surface area contributed by atoms with Crippen LogP contribution in [0, 0.1) is 5.41 Å². The van der Waals surface area contributed by atoms with Crippen molar-refractivity contribution >= 4 is 17.8 Å². The van der Waals surface area contributed by atoms with Crippen LogP contribution in [0.25, 0.3) is 0 Å². The maximum atomic E-state index is 11.8. The van der Waals surface area contributed by atoms with Gasteiger partial charge in [-0.15, -0.1) is 0 Å². The molecule has 1 rings (SSSR count). The van der Waals surface area contributed by atoms with Crippen LogP contribution in [0.5, 0.6) is 0 Å². The number of likely N-dealkylation sites (tertiary alicyclic amines) is 1. The van der Waals surface area contributed by atoms with E-state index in [1.165, 1.54) is 0 Å². The number of hydrogen-bond donors (Lipinski definition) is 3. The minimum absolute atomic E-state index is 0.0431. The molecule has 0 bridgehead atoms. The summed E-state index contributed by atoms with van der Waals surface area (Å²) < 4.78 is 0. The summed E-state index contributed by atoms with van der Waals surface area (Å²) in [4.78, 5) is 29.7. The fourth-order valence-electron chi connectivity index (χ4n) is 2.36. The molecule has 2 amide bonds. The van der Waals surface area contributed by atoms with Gasteiger partial charge in [0.25, 0.3) is 0 Å². The largest absolute Gasteiger partial charge is 0.357 e. The van der Waals surface area contributed by atoms with Gasteiger partial charge in [-0.2, -0.15) is 0 Å². The van der Waals surface area contributed by atoms with Gasteiger partial charge in [-0.3, -0.25) is 14.6 Å². The molecule has 24 heavy (non-hydrogen) atoms. The molecule has 7 heteroatoms. The second-order valence-corrected chi connectivity index (χ2v) is 7.03. The highest BCUT2D eigenvalue weighted by atomic mass is 16.2. The first kappa shape index (κ1) is 20.3. The molecule has 1 heterocycles. The molecule has 0 spiro atoms. The highest BCUT2D eigenvalue weighted by molar-refractivity contribution is 5.82. The highest BCUT2D eigenvalue weighted by Gasteiger charge is 2.20. The maximum absolute atomic E-state index is 11.8. The summed E-state index contributed by atoms with van der Waals surface area (Å²) in [6.45, 7) is 12.0. The molecule has 0 atom stereocenters. The van der Waals surface area contributed by atoms with E-state index in [-0.39, 0.29) is 17.2 Å². The number of carbonyl (C=O) groups is 2. The summed E-state index contributed by atoms with van der Waals surface area (Å²) in [5.74, 6) is 1.05. The van der Waals surface area contributed by atoms with Gasteiger partial charge in [0.05, 0.1) is 0 Å². The van der Waals surface area contributed by atoms with Crippen LogP contribution in [0.15, 0.2) is 4.99 Å². The van der Waals surface area contributed by atoms with Gasteiger partial charge < -0.3 is 20.9 Å². The van der Waals surface area contributed by atoms with Crippen molar-refractivity contribution in [3.8, 4) is 0 Å². The predicted octanol–water partition coefficient (Wildman–Crippen LogP) is 0.716. The lowest BCUT2D eigenvalue weighted by molar-refractivity contribution is -0.128. The molecule has 1 saturated heterocycles. The van der Waals surface area contributed by atoms with Crippen LogP contribution in [0.1, 0.15) is 47.0 Å². The zero-order valence-corrected chi connectivity index (χ0v) is 15.6. The van der Waals surface area contributed by atoms with Gasteiger partial charge in [0, 0.05) is 51.1 Å². The molecular weight excluding hydrogens is 306 g/mol. The summed E-state index contributed by atoms with van der Waals surface area (Å²) >= 11 is 0. The van der Waals surface area contributed by atoms with E-state index in [0.717, 1.165) is 38.4 Å². The fraction of sp³-hybridized carbons (Fsp3) is 0.824. The molecule has 0 saturated carbocycles. The summed E-state index contributed by atoms with van der Waals surface area (Å²) in [5.41, 5.74) is -0.369. The van der Waals surface area contributed by atoms with Gasteiger partial charge in [0.2, 0.25) is 11.8 Å². The first-order chi connectivity index (χ1) is 11.3. The summed E-state index contributed by atoms with van der Waals surface area (Å²) in [6, 6.07) is 0. The number of nitrogens with zero attached hydrogens (tertiary/aromatic N) is 2. The SMILES string of the molecule is CCNC(=NCCCN1CCCC1=O)NCCNC(=O)C(C)(C)C. The lowest BCUT2D eigenvalue weighted by atomic mass is 9.96. The van der Waals surface area contributed by atoms with E-state index in [0.29, 0.717) is 26.1 Å². The lowest BCUT2D eigenvalue weighted by Crippen LogP contribution is -2.43. The number of rotatable bonds is 8. The molecule has 0 aromatic heterocycles. The number of carbonyl (C=O) groups excluding carboxylic acids is 2. The highest BCUT2D eigenvalue weighted by Crippen LogP contribution is 2.11. The molecule has 1 aliphatic heterocycles. The van der Waals surface area contributed by atoms with E-state index in [2.05, 4.69) is 20.9 Å². The molecule has 7 nitrogen and oxygen atoms in total. The van der Waals surface area contributed by atoms with Crippen LogP contribution in [-0.4, -0.2) is 61.9 Å². The van der Waals surface area contributed by atoms with Gasteiger partial charge in [-0.1, -0.05) is 20.8 Å². The van der Waals surface area contributed by atoms with E-state index in [4.69, 9.17) is 0 Å². The van der Waals surface area contributed by atoms with Crippen LogP contribution in [0.3, 0.4) is 0 Å². The molecule has 1 aliphatic rings. The Kier molecular flexibility index (Phi) is 8.57. The van der Waals surface area contributed by atoms with Crippen molar-refractivity contribution < 1.29 is 9.59 Å². The van der Waals surface area contributed by atoms with Crippen molar-refractivity contribution in [2.24, 2.45) is 10.4 Å². The summed E-state index contributed by atoms with van der Waals surface area (Å²) in [7, 11) is 0. The molecule has 0 aliphatic carbocycles. The molecular formula is C17H33N5O2. The van der Waals surface area contributed by atoms with E-state index in [9.17, 15) is 9.59 Å². The number of guanidine groups is 1. The molecule has 1 fully saturated rings. The number of hydrogen-bond acceptors (Lipinski definition) is 3. The first-order valence-electron chi connectivity index (χ1n) is 8.93. The fourth-order valence-corrected chi connectivity index (χ4v) is 2.36. The molecule has 138 valence electrons. The van der Waals surface area contributed by atoms with Crippen molar-refractivity contribution in [3.63, 3.8) is 0 Å². The second kappa shape index (κ2) is 10.2. The quantitative estimate of drug-likeness (QED) is 0.345. The Hall–Kier alpha value is -1.79. The van der Waals surface area contributed by atoms with Gasteiger partial charge in [0.15, 0.2) is 5.96 Å². The smallest absolute Gasteiger partial charge is 0.225 e. The zero-order chi connectivity index (χ0) is 18.0. The average Bonchev–Trinajstić information content (AvgIpc) is 2.91. The zero-order valence-electron chi connectivity index (χ0n) is 15.6. The number of amides is 2. The summed E-state index contributed by atoms with van der Waals surface area (Å²) in [5, 5.41) is 9.29. The van der Waals surface area contributed by atoms with Crippen molar-refractivity contribution in [3.05, 3.63) is 0 Å². The first-order valence-corrected chi connectivity index (χ1v) is 8.93. The van der Waals surface area contributed by atoms with Gasteiger partial charge in [0.1, 0.15) is 0 Å². The molecule has 3 N–H and O–H groups in total. The third-order valence-corrected chi connectivity index (χ3v) is 3.76. The van der Waals surface area contributed by atoms with Crippen molar-refractivity contribution in [2.45, 2.75) is 47.0 Å². The molecule has 0 aromatic rings. The van der Waals surface area contributed by atoms with Crippen LogP contribution in [0.2, 0.25) is 0 Å². The van der Waals surface area contributed by atoms with E-state index in [1.807, 2.05) is 32.6 Å². The Morgan fingerprint density at radius 3 is 2.50 bits per heavy atom. The Morgan fingerprint density at radius 2 is 1.92 bits per heavy atom. The molecule has 0 unspecified atom stereocenters. The van der Waals surface area contributed by atoms with Crippen molar-refractivity contribution in [1.29, 1.82) is 0 Å². The Labute approximate surface area is 145 Å². The molecule has 0 aromatic carbocycles. The van der Waals surface area contributed by atoms with Crippen LogP contribution < -0.4 is 16.0 Å². The van der Waals surface area contributed by atoms with Gasteiger partial charge in [-0.25, -0.2) is 0 Å². The van der Waals surface area contributed by atoms with E-state index < -0.39 is 0 Å². The Morgan fingerprint density at radius 1 is 1.21 bits per heavy atom. The number of aliphatic imine (C=N–C) groups is 1. The minimum Gasteiger partial charge on any atom is -0.357 e. The van der Waals surface area contributed by atoms with Gasteiger partial charge >= 0.3 is 0 Å². The normalized spacial score (nSPS) is 15.6. The van der Waals surface area contributed by atoms with E-state index in [1.54, 1.807) is 0 Å². The molecule has 0 radical (unpaired) electrons. The monoisotopic (exact) mass is 339 g/mol. The summed E-state index contributed by atoms with van der Waals surface area (Å²) in [6.07, 6.45) is 2.53. The minimum atomic E-state index is -0.369. The topological polar surface area (TPSA) is 85.8 Å². The predicted molar refractivity (Wildman–Crippen MR) is 96.9 cm³/mol. The lowest BCUT2D eigenvalue weighted by Gasteiger charge is -2.18. The van der Waals surface area contributed by atoms with Crippen LogP contribution in [0.4, 0.5) is 0 Å². The number of nitrogens with one attached hydrogen (secondary N) is 3. The van der Waals surface area contributed by atoms with Gasteiger partial charge in [-0.05, 0) is 19.8 Å². The van der Waals surface area contributed by atoms with Crippen molar-refractivity contribution in [1.82, 2.24) is 20.9 Å². The van der Waals surface area contributed by atoms with E-state index >= 15 is 0 Å². The van der Waals surface area contributed by atoms with Crippen LogP contribution >= 0.6 is 0 Å². The third kappa shape index (κ3) is 7.66. The Bertz CT molecular complexity index is 443. The van der Waals surface area contributed by atoms with Crippen molar-refractivity contribution in [2.75, 3.05) is 39.3 Å². The standard InChI is InChI=1S/C17H33N5O2/c1-5-18-16(21-11-10-19-15(24)17(2,3)4)20-9-7-13-22-12-6-8-14(22)23/h5-13H2,1-4H3,(H,19,24)(H2,18,20,21). The van der Waals surface area contributed by atoms with Crippen LogP contribution in [-0.2, 0) is 9.59 Å². The maximum Gasteiger partial charge on any atom is 0.225 e. The Balaban J connectivity index is 2.24. The second-order valence-electron chi connectivity index (χ2n) is 7.03. The third-order valence-electron chi connectivity index (χ3n) is 3.76. The average molecular weight is 339 g/mol.